The Morgan fingerprint density at radius 1 is 1.08 bits per heavy atom. The van der Waals surface area contributed by atoms with Crippen molar-refractivity contribution in [3.8, 4) is 11.5 Å². The smallest absolute Gasteiger partial charge is 0.321 e. The van der Waals surface area contributed by atoms with Crippen LogP contribution in [-0.2, 0) is 6.18 Å². The van der Waals surface area contributed by atoms with Crippen LogP contribution in [0.25, 0.3) is 22.3 Å². The molecule has 0 unspecified atom stereocenters. The maximum Gasteiger partial charge on any atom is 0.434 e. The van der Waals surface area contributed by atoms with E-state index in [0.717, 1.165) is 6.20 Å². The van der Waals surface area contributed by atoms with Crippen molar-refractivity contribution in [2.45, 2.75) is 6.18 Å². The van der Waals surface area contributed by atoms with Crippen LogP contribution in [0.2, 0.25) is 5.02 Å². The van der Waals surface area contributed by atoms with E-state index in [1.807, 2.05) is 0 Å². The van der Waals surface area contributed by atoms with Gasteiger partial charge in [0, 0.05) is 34.4 Å². The van der Waals surface area contributed by atoms with Crippen molar-refractivity contribution >= 4 is 45.6 Å². The predicted molar refractivity (Wildman–Crippen MR) is 128 cm³/mol. The molecule has 2 N–H and O–H groups in total. The first-order chi connectivity index (χ1) is 17.7. The van der Waals surface area contributed by atoms with E-state index in [9.17, 15) is 22.8 Å². The Hall–Kier alpha value is -4.71. The third-order valence-corrected chi connectivity index (χ3v) is 6.10. The number of halogens is 4. The second kappa shape index (κ2) is 8.17. The van der Waals surface area contributed by atoms with Gasteiger partial charge in [0.05, 0.1) is 34.4 Å². The highest BCUT2D eigenvalue weighted by atomic mass is 35.5. The summed E-state index contributed by atoms with van der Waals surface area (Å²) in [6.45, 7) is 0. The number of carbonyl (C=O) groups excluding carboxylic acids is 2. The van der Waals surface area contributed by atoms with E-state index < -0.39 is 23.3 Å². The van der Waals surface area contributed by atoms with Gasteiger partial charge in [0.1, 0.15) is 0 Å². The van der Waals surface area contributed by atoms with Crippen LogP contribution < -0.4 is 10.6 Å². The van der Waals surface area contributed by atoms with Crippen LogP contribution in [-0.4, -0.2) is 36.4 Å². The lowest BCUT2D eigenvalue weighted by molar-refractivity contribution is -0.143. The molecule has 0 bridgehead atoms. The fourth-order valence-corrected chi connectivity index (χ4v) is 4.54. The third kappa shape index (κ3) is 3.69. The second-order valence-electron chi connectivity index (χ2n) is 8.07. The molecule has 9 nitrogen and oxygen atoms in total. The van der Waals surface area contributed by atoms with E-state index in [1.165, 1.54) is 35.3 Å². The number of carbonyl (C=O) groups is 2. The summed E-state index contributed by atoms with van der Waals surface area (Å²) in [7, 11) is 0. The lowest BCUT2D eigenvalue weighted by atomic mass is 10.0. The van der Waals surface area contributed by atoms with Gasteiger partial charge in [-0.2, -0.15) is 23.4 Å². The Kier molecular flexibility index (Phi) is 5.02. The number of nitrogens with zero attached hydrogens (tertiary/aromatic N) is 5. The van der Waals surface area contributed by atoms with Crippen molar-refractivity contribution in [3.05, 3.63) is 89.1 Å². The minimum atomic E-state index is -4.93. The van der Waals surface area contributed by atoms with E-state index in [-0.39, 0.29) is 28.1 Å². The van der Waals surface area contributed by atoms with Crippen LogP contribution in [0.4, 0.5) is 24.5 Å². The van der Waals surface area contributed by atoms with Crippen LogP contribution >= 0.6 is 11.6 Å². The highest BCUT2D eigenvalue weighted by Crippen LogP contribution is 2.39. The van der Waals surface area contributed by atoms with Crippen molar-refractivity contribution < 1.29 is 22.8 Å². The van der Waals surface area contributed by atoms with Crippen LogP contribution in [0.5, 0.6) is 0 Å². The Morgan fingerprint density at radius 3 is 2.65 bits per heavy atom. The summed E-state index contributed by atoms with van der Waals surface area (Å²) in [5.41, 5.74) is -0.983. The van der Waals surface area contributed by atoms with Gasteiger partial charge in [0.25, 0.3) is 11.8 Å². The SMILES string of the molecule is O=C(Nc1cnc(-n2cccn2)c(Cl)c1)c1cnn(-c2ccc3c4c(cccc24)C(=O)N3)c1C(F)(F)F. The van der Waals surface area contributed by atoms with E-state index in [2.05, 4.69) is 25.8 Å². The van der Waals surface area contributed by atoms with Crippen LogP contribution in [0.3, 0.4) is 0 Å². The molecule has 0 spiro atoms. The van der Waals surface area contributed by atoms with E-state index in [4.69, 9.17) is 11.6 Å². The molecule has 3 aromatic heterocycles. The zero-order chi connectivity index (χ0) is 25.9. The van der Waals surface area contributed by atoms with E-state index in [1.54, 1.807) is 30.5 Å². The highest BCUT2D eigenvalue weighted by Gasteiger charge is 2.41. The molecule has 4 heterocycles. The molecule has 37 heavy (non-hydrogen) atoms. The zero-order valence-corrected chi connectivity index (χ0v) is 19.2. The first kappa shape index (κ1) is 22.7. The van der Waals surface area contributed by atoms with Crippen molar-refractivity contribution in [2.24, 2.45) is 0 Å². The summed E-state index contributed by atoms with van der Waals surface area (Å²) in [5.74, 6) is -1.11. The quantitative estimate of drug-likeness (QED) is 0.341. The minimum absolute atomic E-state index is 0.0664. The molecule has 2 aromatic carbocycles. The summed E-state index contributed by atoms with van der Waals surface area (Å²) in [4.78, 5) is 29.3. The molecule has 184 valence electrons. The van der Waals surface area contributed by atoms with Gasteiger partial charge in [0.15, 0.2) is 11.5 Å². The van der Waals surface area contributed by atoms with Gasteiger partial charge in [0.2, 0.25) is 0 Å². The molecule has 5 aromatic rings. The van der Waals surface area contributed by atoms with Crippen LogP contribution in [0.1, 0.15) is 26.4 Å². The maximum absolute atomic E-state index is 14.3. The number of benzene rings is 2. The molecule has 0 saturated heterocycles. The average molecular weight is 524 g/mol. The average Bonchev–Trinajstić information content (AvgIpc) is 3.60. The lowest BCUT2D eigenvalue weighted by Crippen LogP contribution is -2.21. The number of amides is 2. The molecule has 2 amide bonds. The number of hydrogen-bond acceptors (Lipinski definition) is 5. The molecule has 0 saturated carbocycles. The molecular weight excluding hydrogens is 511 g/mol. The molecule has 0 radical (unpaired) electrons. The maximum atomic E-state index is 14.3. The largest absolute Gasteiger partial charge is 0.434 e. The normalized spacial score (nSPS) is 12.7. The van der Waals surface area contributed by atoms with Gasteiger partial charge in [-0.15, -0.1) is 0 Å². The fourth-order valence-electron chi connectivity index (χ4n) is 4.29. The summed E-state index contributed by atoms with van der Waals surface area (Å²) < 4.78 is 44.9. The number of rotatable bonds is 4. The van der Waals surface area contributed by atoms with Crippen molar-refractivity contribution in [1.29, 1.82) is 0 Å². The van der Waals surface area contributed by atoms with Crippen LogP contribution in [0, 0.1) is 0 Å². The zero-order valence-electron chi connectivity index (χ0n) is 18.4. The minimum Gasteiger partial charge on any atom is -0.321 e. The third-order valence-electron chi connectivity index (χ3n) is 5.82. The molecular formula is C24H13ClF3N7O2. The van der Waals surface area contributed by atoms with E-state index in [0.29, 0.717) is 26.7 Å². The van der Waals surface area contributed by atoms with E-state index >= 15 is 0 Å². The van der Waals surface area contributed by atoms with Gasteiger partial charge in [-0.05, 0) is 30.3 Å². The van der Waals surface area contributed by atoms with Gasteiger partial charge in [-0.1, -0.05) is 23.7 Å². The Labute approximate surface area is 210 Å². The number of hydrogen-bond donors (Lipinski definition) is 2. The van der Waals surface area contributed by atoms with Gasteiger partial charge in [-0.3, -0.25) is 9.59 Å². The first-order valence-electron chi connectivity index (χ1n) is 10.7. The summed E-state index contributed by atoms with van der Waals surface area (Å²) >= 11 is 6.23. The molecule has 1 aliphatic rings. The summed E-state index contributed by atoms with van der Waals surface area (Å²) in [5, 5.41) is 14.0. The molecule has 0 aliphatic carbocycles. The molecule has 13 heteroatoms. The molecule has 0 fully saturated rings. The van der Waals surface area contributed by atoms with Crippen molar-refractivity contribution in [3.63, 3.8) is 0 Å². The second-order valence-corrected chi connectivity index (χ2v) is 8.47. The summed E-state index contributed by atoms with van der Waals surface area (Å²) in [6, 6.07) is 10.7. The van der Waals surface area contributed by atoms with Crippen LogP contribution in [0.15, 0.2) is 67.3 Å². The monoisotopic (exact) mass is 523 g/mol. The Balaban J connectivity index is 1.41. The van der Waals surface area contributed by atoms with Gasteiger partial charge in [-0.25, -0.2) is 14.3 Å². The topological polar surface area (TPSA) is 107 Å². The number of nitrogens with one attached hydrogen (secondary N) is 2. The summed E-state index contributed by atoms with van der Waals surface area (Å²) in [6.07, 6.45) is 0.312. The predicted octanol–water partition coefficient (Wildman–Crippen LogP) is 5.10. The number of alkyl halides is 3. The van der Waals surface area contributed by atoms with Gasteiger partial charge < -0.3 is 10.6 Å². The number of aromatic nitrogens is 5. The number of pyridine rings is 1. The molecule has 1 aliphatic heterocycles. The molecule has 6 rings (SSSR count). The Bertz CT molecular complexity index is 1730. The standard InChI is InChI=1S/C24H13ClF3N7O2/c25-16-9-12(10-29-21(16)34-8-2-7-30-34)32-23(37)15-11-31-35(20(15)24(26,27)28)18-6-5-17-19-13(18)3-1-4-14(19)22(36)33-17/h1-11H,(H,32,37)(H,33,36). The number of anilines is 2. The first-order valence-corrected chi connectivity index (χ1v) is 11.1. The highest BCUT2D eigenvalue weighted by molar-refractivity contribution is 6.32. The lowest BCUT2D eigenvalue weighted by Gasteiger charge is -2.15. The van der Waals surface area contributed by atoms with Gasteiger partial charge >= 0.3 is 6.18 Å². The Morgan fingerprint density at radius 2 is 1.92 bits per heavy atom. The molecule has 0 atom stereocenters. The van der Waals surface area contributed by atoms with Crippen molar-refractivity contribution in [1.82, 2.24) is 24.5 Å². The fraction of sp³-hybridized carbons (Fsp3) is 0.0417. The van der Waals surface area contributed by atoms with Crippen molar-refractivity contribution in [2.75, 3.05) is 10.6 Å².